The second kappa shape index (κ2) is 44.1. The Kier molecular flexibility index (Phi) is 41.6. The maximum Gasteiger partial charge on any atom is 0.472 e. The summed E-state index contributed by atoms with van der Waals surface area (Å²) in [4.78, 5) is 52.7. The Morgan fingerprint density at radius 1 is 0.462 bits per heavy atom. The highest BCUT2D eigenvalue weighted by Crippen LogP contribution is 2.43. The summed E-state index contributed by atoms with van der Waals surface area (Å²) in [5.41, 5.74) is 0. The number of rotatable bonds is 41. The van der Waals surface area contributed by atoms with Crippen molar-refractivity contribution < 1.29 is 61.6 Å². The summed E-state index contributed by atoms with van der Waals surface area (Å²) in [5.74, 6) is -1.24. The van der Waals surface area contributed by atoms with Gasteiger partial charge in [-0.3, -0.25) is 23.2 Å². The monoisotopic (exact) mass is 948 g/mol. The minimum absolute atomic E-state index is 0.0180. The quantitative estimate of drug-likeness (QED) is 0.0196. The lowest BCUT2D eigenvalue weighted by molar-refractivity contribution is -0.161. The number of phosphoric ester groups is 2. The molecule has 0 aliphatic heterocycles. The number of hydrogen-bond donors (Lipinski definition) is 4. The van der Waals surface area contributed by atoms with Crippen molar-refractivity contribution in [3.63, 3.8) is 0 Å². The van der Waals surface area contributed by atoms with E-state index in [1.54, 1.807) is 0 Å². The van der Waals surface area contributed by atoms with Crippen LogP contribution in [0.4, 0.5) is 0 Å². The van der Waals surface area contributed by atoms with Crippen LogP contribution in [0.2, 0.25) is 0 Å². The summed E-state index contributed by atoms with van der Waals surface area (Å²) in [7, 11) is -9.74. The van der Waals surface area contributed by atoms with E-state index in [2.05, 4.69) is 120 Å². The molecule has 15 heteroatoms. The molecule has 0 rings (SSSR count). The lowest BCUT2D eigenvalue weighted by atomic mass is 10.2. The van der Waals surface area contributed by atoms with Crippen molar-refractivity contribution in [2.75, 3.05) is 26.4 Å². The molecule has 0 aromatic rings. The minimum Gasteiger partial charge on any atom is -0.462 e. The highest BCUT2D eigenvalue weighted by molar-refractivity contribution is 7.47. The number of allylic oxidation sites excluding steroid dienone is 22. The Hall–Kier alpha value is -3.74. The van der Waals surface area contributed by atoms with Gasteiger partial charge in [-0.05, 0) is 89.9 Å². The summed E-state index contributed by atoms with van der Waals surface area (Å²) in [5, 5.41) is 9.76. The van der Waals surface area contributed by atoms with Gasteiger partial charge in [-0.1, -0.05) is 160 Å². The van der Waals surface area contributed by atoms with E-state index in [1.807, 2.05) is 36.5 Å². The van der Waals surface area contributed by atoms with E-state index < -0.39 is 66.2 Å². The van der Waals surface area contributed by atoms with Crippen molar-refractivity contribution in [1.82, 2.24) is 0 Å². The fraction of sp³-hybridized carbons (Fsp3) is 0.520. The molecule has 0 aromatic heterocycles. The summed E-state index contributed by atoms with van der Waals surface area (Å²) in [6.45, 7) is 1.43. The number of phosphoric acid groups is 2. The van der Waals surface area contributed by atoms with Crippen LogP contribution in [0.1, 0.15) is 129 Å². The first-order valence-electron chi connectivity index (χ1n) is 22.9. The lowest BCUT2D eigenvalue weighted by Crippen LogP contribution is -2.29. The summed E-state index contributed by atoms with van der Waals surface area (Å²) < 4.78 is 47.7. The number of ether oxygens (including phenoxy) is 2. The summed E-state index contributed by atoms with van der Waals surface area (Å²) in [6, 6.07) is 0. The lowest BCUT2D eigenvalue weighted by Gasteiger charge is -2.20. The molecule has 4 N–H and O–H groups in total. The van der Waals surface area contributed by atoms with Crippen LogP contribution in [0, 0.1) is 0 Å². The highest BCUT2D eigenvalue weighted by Gasteiger charge is 2.28. The van der Waals surface area contributed by atoms with Crippen molar-refractivity contribution in [2.24, 2.45) is 0 Å². The van der Waals surface area contributed by atoms with Crippen molar-refractivity contribution in [1.29, 1.82) is 0 Å². The minimum atomic E-state index is -4.89. The smallest absolute Gasteiger partial charge is 0.462 e. The largest absolute Gasteiger partial charge is 0.472 e. The molecule has 65 heavy (non-hydrogen) atoms. The number of aliphatic hydroxyl groups is 1. The fourth-order valence-electron chi connectivity index (χ4n) is 5.12. The van der Waals surface area contributed by atoms with Crippen molar-refractivity contribution in [2.45, 2.75) is 142 Å². The Morgan fingerprint density at radius 2 is 0.831 bits per heavy atom. The molecule has 366 valence electrons. The molecular weight excluding hydrogens is 870 g/mol. The standard InChI is InChI=1S/C50H78O13P2/c1-3-5-7-9-11-13-15-17-19-21-23-25-27-29-31-33-35-37-39-41-49(52)59-45-48(46-62-65(57,58)61-44-47(51)43-60-64(54,55)56)63-50(53)42-40-38-36-34-32-30-28-26-24-22-20-18-16-14-12-10-8-6-4-2/h6,8,11-14,17-20,23-26,29-32,35-38,47-48,51H,3-5,7,9-10,15-16,21-22,27-28,33-34,39-46H2,1-2H3,(H,57,58)(H2,54,55,56)/b8-6-,13-11-,14-12-,19-17-,20-18-,25-23-,26-24-,31-29-,32-30-,37-35-,38-36-/t47-,48+/m0/s1. The molecule has 0 bridgehead atoms. The predicted molar refractivity (Wildman–Crippen MR) is 262 cm³/mol. The van der Waals surface area contributed by atoms with Gasteiger partial charge in [0.25, 0.3) is 0 Å². The number of hydrogen-bond acceptors (Lipinski definition) is 10. The zero-order valence-corrected chi connectivity index (χ0v) is 40.6. The third kappa shape index (κ3) is 48.0. The molecule has 0 aromatic carbocycles. The molecule has 1 unspecified atom stereocenters. The summed E-state index contributed by atoms with van der Waals surface area (Å²) >= 11 is 0. The molecule has 0 aliphatic rings. The maximum atomic E-state index is 12.7. The van der Waals surface area contributed by atoms with E-state index in [4.69, 9.17) is 23.8 Å². The molecule has 0 amide bonds. The van der Waals surface area contributed by atoms with Crippen LogP contribution in [0.15, 0.2) is 134 Å². The second-order valence-electron chi connectivity index (χ2n) is 14.6. The Morgan fingerprint density at radius 3 is 1.25 bits per heavy atom. The van der Waals surface area contributed by atoms with Gasteiger partial charge in [0.1, 0.15) is 12.7 Å². The van der Waals surface area contributed by atoms with Crippen LogP contribution in [0.5, 0.6) is 0 Å². The van der Waals surface area contributed by atoms with E-state index in [-0.39, 0.29) is 12.8 Å². The maximum absolute atomic E-state index is 12.7. The van der Waals surface area contributed by atoms with Gasteiger partial charge in [0.2, 0.25) is 0 Å². The molecule has 0 fully saturated rings. The topological polar surface area (TPSA) is 195 Å². The Bertz CT molecular complexity index is 1650. The molecule has 0 heterocycles. The first-order valence-corrected chi connectivity index (χ1v) is 25.9. The van der Waals surface area contributed by atoms with Crippen LogP contribution in [-0.2, 0) is 41.8 Å². The molecule has 0 spiro atoms. The van der Waals surface area contributed by atoms with Crippen molar-refractivity contribution in [3.05, 3.63) is 134 Å². The number of carbonyl (C=O) groups excluding carboxylic acids is 2. The average molecular weight is 949 g/mol. The van der Waals surface area contributed by atoms with E-state index >= 15 is 0 Å². The van der Waals surface area contributed by atoms with E-state index in [1.165, 1.54) is 19.3 Å². The Labute approximate surface area is 389 Å². The molecule has 3 atom stereocenters. The molecule has 0 radical (unpaired) electrons. The van der Waals surface area contributed by atoms with Gasteiger partial charge in [-0.25, -0.2) is 9.13 Å². The number of carbonyl (C=O) groups is 2. The molecule has 0 saturated carbocycles. The van der Waals surface area contributed by atoms with Crippen LogP contribution in [-0.4, -0.2) is 70.4 Å². The SMILES string of the molecule is CC/C=C\C/C=C\C/C=C\C/C=C\C/C=C\C/C=C\CCC(=O)O[C@H](COC(=O)CC/C=C\C/C=C\C/C=C\C/C=C\C/C=C\CCCCC)COP(=O)(O)OC[C@@H](O)COP(=O)(O)O. The van der Waals surface area contributed by atoms with Crippen molar-refractivity contribution >= 4 is 27.6 Å². The zero-order chi connectivity index (χ0) is 48.0. The molecule has 13 nitrogen and oxygen atoms in total. The molecular formula is C50H78O13P2. The van der Waals surface area contributed by atoms with Crippen LogP contribution < -0.4 is 0 Å². The first kappa shape index (κ1) is 61.3. The van der Waals surface area contributed by atoms with Gasteiger partial charge in [0.15, 0.2) is 6.10 Å². The first-order chi connectivity index (χ1) is 31.4. The average Bonchev–Trinajstić information content (AvgIpc) is 3.27. The fourth-order valence-corrected chi connectivity index (χ4v) is 6.27. The highest BCUT2D eigenvalue weighted by atomic mass is 31.2. The number of aliphatic hydroxyl groups excluding tert-OH is 1. The van der Waals surface area contributed by atoms with Crippen LogP contribution >= 0.6 is 15.6 Å². The Balaban J connectivity index is 4.76. The van der Waals surface area contributed by atoms with Gasteiger partial charge in [-0.15, -0.1) is 0 Å². The predicted octanol–water partition coefficient (Wildman–Crippen LogP) is 12.2. The van der Waals surface area contributed by atoms with Crippen LogP contribution in [0.3, 0.4) is 0 Å². The molecule has 0 saturated heterocycles. The van der Waals surface area contributed by atoms with Gasteiger partial charge in [-0.2, -0.15) is 0 Å². The third-order valence-corrected chi connectivity index (χ3v) is 9.98. The van der Waals surface area contributed by atoms with E-state index in [0.717, 1.165) is 57.8 Å². The van der Waals surface area contributed by atoms with Gasteiger partial charge in [0, 0.05) is 12.8 Å². The number of unbranched alkanes of at least 4 members (excludes halogenated alkanes) is 3. The van der Waals surface area contributed by atoms with E-state index in [9.17, 15) is 28.7 Å². The van der Waals surface area contributed by atoms with Gasteiger partial charge < -0.3 is 29.3 Å². The number of esters is 2. The zero-order valence-electron chi connectivity index (χ0n) is 38.8. The second-order valence-corrected chi connectivity index (χ2v) is 17.3. The molecule has 0 aliphatic carbocycles. The van der Waals surface area contributed by atoms with Gasteiger partial charge >= 0.3 is 27.6 Å². The third-order valence-electron chi connectivity index (χ3n) is 8.54. The van der Waals surface area contributed by atoms with Gasteiger partial charge in [0.05, 0.1) is 19.8 Å². The summed E-state index contributed by atoms with van der Waals surface area (Å²) in [6.07, 6.45) is 57.6. The van der Waals surface area contributed by atoms with Crippen LogP contribution in [0.25, 0.3) is 0 Å². The van der Waals surface area contributed by atoms with Crippen molar-refractivity contribution in [3.8, 4) is 0 Å². The normalized spacial score (nSPS) is 15.1. The van der Waals surface area contributed by atoms with E-state index in [0.29, 0.717) is 25.7 Å².